The van der Waals surface area contributed by atoms with Gasteiger partial charge in [0.2, 0.25) is 0 Å². The van der Waals surface area contributed by atoms with Crippen LogP contribution in [0.1, 0.15) is 16.5 Å². The van der Waals surface area contributed by atoms with E-state index in [9.17, 15) is 8.78 Å². The Hall–Kier alpha value is -0.830. The van der Waals surface area contributed by atoms with Crippen molar-refractivity contribution in [1.29, 1.82) is 0 Å². The standard InChI is InChI=1S/C14H9Cl3F2/c15-11-2-1-3-14(19)10(11)7-13(17)9-5-4-8(18)6-12(9)16/h1-6,13H,7H2. The molecule has 1 atom stereocenters. The van der Waals surface area contributed by atoms with E-state index in [1.165, 1.54) is 30.3 Å². The second kappa shape index (κ2) is 6.08. The van der Waals surface area contributed by atoms with Gasteiger partial charge in [-0.1, -0.05) is 35.3 Å². The van der Waals surface area contributed by atoms with E-state index < -0.39 is 17.0 Å². The highest BCUT2D eigenvalue weighted by Crippen LogP contribution is 2.33. The van der Waals surface area contributed by atoms with Crippen molar-refractivity contribution in [2.24, 2.45) is 0 Å². The molecular weight excluding hydrogens is 313 g/mol. The summed E-state index contributed by atoms with van der Waals surface area (Å²) < 4.78 is 26.6. The Balaban J connectivity index is 2.28. The van der Waals surface area contributed by atoms with Crippen LogP contribution in [-0.2, 0) is 6.42 Å². The van der Waals surface area contributed by atoms with Gasteiger partial charge in [-0.05, 0) is 36.2 Å². The van der Waals surface area contributed by atoms with E-state index in [1.807, 2.05) is 0 Å². The fourth-order valence-corrected chi connectivity index (χ4v) is 2.71. The summed E-state index contributed by atoms with van der Waals surface area (Å²) in [5.74, 6) is -0.863. The third-order valence-corrected chi connectivity index (χ3v) is 3.82. The van der Waals surface area contributed by atoms with Crippen molar-refractivity contribution in [3.05, 3.63) is 69.2 Å². The first-order valence-corrected chi connectivity index (χ1v) is 6.70. The second-order valence-corrected chi connectivity index (χ2v) is 5.38. The molecule has 0 amide bonds. The van der Waals surface area contributed by atoms with Crippen LogP contribution in [0.25, 0.3) is 0 Å². The Morgan fingerprint density at radius 1 is 1.00 bits per heavy atom. The van der Waals surface area contributed by atoms with Gasteiger partial charge in [-0.2, -0.15) is 0 Å². The summed E-state index contributed by atoms with van der Waals surface area (Å²) in [5.41, 5.74) is 0.869. The van der Waals surface area contributed by atoms with Gasteiger partial charge in [0, 0.05) is 15.6 Å². The average molecular weight is 322 g/mol. The Labute approximate surface area is 124 Å². The summed E-state index contributed by atoms with van der Waals surface area (Å²) >= 11 is 18.1. The molecule has 100 valence electrons. The van der Waals surface area contributed by atoms with E-state index in [0.29, 0.717) is 16.1 Å². The molecule has 0 N–H and O–H groups in total. The molecule has 0 nitrogen and oxygen atoms in total. The van der Waals surface area contributed by atoms with Crippen LogP contribution in [0.3, 0.4) is 0 Å². The van der Waals surface area contributed by atoms with Gasteiger partial charge in [0.1, 0.15) is 11.6 Å². The highest BCUT2D eigenvalue weighted by atomic mass is 35.5. The third-order valence-electron chi connectivity index (χ3n) is 2.74. The lowest BCUT2D eigenvalue weighted by atomic mass is 10.0. The van der Waals surface area contributed by atoms with Crippen LogP contribution in [0.15, 0.2) is 36.4 Å². The number of benzene rings is 2. The summed E-state index contributed by atoms with van der Waals surface area (Å²) in [5, 5.41) is -0.0566. The third kappa shape index (κ3) is 3.38. The minimum absolute atomic E-state index is 0.179. The molecule has 0 aromatic heterocycles. The minimum Gasteiger partial charge on any atom is -0.207 e. The number of alkyl halides is 1. The molecule has 0 heterocycles. The first-order valence-electron chi connectivity index (χ1n) is 5.51. The maximum atomic E-state index is 13.7. The summed E-state index contributed by atoms with van der Waals surface area (Å²) in [7, 11) is 0. The van der Waals surface area contributed by atoms with Crippen molar-refractivity contribution in [2.45, 2.75) is 11.8 Å². The molecule has 2 rings (SSSR count). The van der Waals surface area contributed by atoms with E-state index in [0.717, 1.165) is 0 Å². The van der Waals surface area contributed by atoms with Gasteiger partial charge in [0.25, 0.3) is 0 Å². The van der Waals surface area contributed by atoms with Gasteiger partial charge in [-0.15, -0.1) is 11.6 Å². The Bertz CT molecular complexity index is 579. The summed E-state index contributed by atoms with van der Waals surface area (Å²) in [6.07, 6.45) is 0.179. The maximum Gasteiger partial charge on any atom is 0.127 e. The van der Waals surface area contributed by atoms with E-state index in [1.54, 1.807) is 6.07 Å². The van der Waals surface area contributed by atoms with Crippen molar-refractivity contribution >= 4 is 34.8 Å². The summed E-state index contributed by atoms with van der Waals surface area (Å²) in [6.45, 7) is 0. The van der Waals surface area contributed by atoms with Gasteiger partial charge in [0.05, 0.1) is 5.38 Å². The van der Waals surface area contributed by atoms with Crippen molar-refractivity contribution in [2.75, 3.05) is 0 Å². The first kappa shape index (κ1) is 14.6. The SMILES string of the molecule is Fc1ccc(C(Cl)Cc2c(F)cccc2Cl)c(Cl)c1. The summed E-state index contributed by atoms with van der Waals surface area (Å²) in [6, 6.07) is 8.36. The number of halogens is 5. The first-order chi connectivity index (χ1) is 8.99. The molecule has 0 bridgehead atoms. The number of hydrogen-bond donors (Lipinski definition) is 0. The lowest BCUT2D eigenvalue weighted by molar-refractivity contribution is 0.606. The van der Waals surface area contributed by atoms with Crippen LogP contribution in [0.4, 0.5) is 8.78 Å². The predicted octanol–water partition coefficient (Wildman–Crippen LogP) is 5.79. The van der Waals surface area contributed by atoms with E-state index in [-0.39, 0.29) is 11.4 Å². The Morgan fingerprint density at radius 2 is 1.74 bits per heavy atom. The zero-order chi connectivity index (χ0) is 14.0. The molecule has 0 fully saturated rings. The maximum absolute atomic E-state index is 13.7. The average Bonchev–Trinajstić information content (AvgIpc) is 2.33. The van der Waals surface area contributed by atoms with Crippen LogP contribution in [-0.4, -0.2) is 0 Å². The van der Waals surface area contributed by atoms with E-state index in [4.69, 9.17) is 34.8 Å². The largest absolute Gasteiger partial charge is 0.207 e. The minimum atomic E-state index is -0.581. The number of hydrogen-bond acceptors (Lipinski definition) is 0. The van der Waals surface area contributed by atoms with Crippen molar-refractivity contribution in [3.8, 4) is 0 Å². The molecule has 0 aliphatic heterocycles. The molecule has 19 heavy (non-hydrogen) atoms. The topological polar surface area (TPSA) is 0 Å². The lowest BCUT2D eigenvalue weighted by Gasteiger charge is -2.13. The fourth-order valence-electron chi connectivity index (χ4n) is 1.77. The quantitative estimate of drug-likeness (QED) is 0.627. The van der Waals surface area contributed by atoms with Crippen molar-refractivity contribution < 1.29 is 8.78 Å². The van der Waals surface area contributed by atoms with Crippen LogP contribution < -0.4 is 0 Å². The van der Waals surface area contributed by atoms with Crippen LogP contribution in [0.2, 0.25) is 10.0 Å². The van der Waals surface area contributed by atoms with E-state index in [2.05, 4.69) is 0 Å². The van der Waals surface area contributed by atoms with Crippen LogP contribution in [0, 0.1) is 11.6 Å². The highest BCUT2D eigenvalue weighted by Gasteiger charge is 2.17. The molecule has 5 heteroatoms. The molecule has 2 aromatic rings. The zero-order valence-electron chi connectivity index (χ0n) is 9.64. The Kier molecular flexibility index (Phi) is 4.67. The van der Waals surface area contributed by atoms with E-state index >= 15 is 0 Å². The van der Waals surface area contributed by atoms with Crippen molar-refractivity contribution in [1.82, 2.24) is 0 Å². The lowest BCUT2D eigenvalue weighted by Crippen LogP contribution is -2.00. The zero-order valence-corrected chi connectivity index (χ0v) is 11.9. The normalized spacial score (nSPS) is 12.5. The Morgan fingerprint density at radius 3 is 2.37 bits per heavy atom. The van der Waals surface area contributed by atoms with Gasteiger partial charge in [0.15, 0.2) is 0 Å². The smallest absolute Gasteiger partial charge is 0.127 e. The molecule has 1 unspecified atom stereocenters. The second-order valence-electron chi connectivity index (χ2n) is 4.04. The number of rotatable bonds is 3. The van der Waals surface area contributed by atoms with Gasteiger partial charge in [-0.3, -0.25) is 0 Å². The molecule has 0 spiro atoms. The van der Waals surface area contributed by atoms with Crippen LogP contribution in [0.5, 0.6) is 0 Å². The molecule has 0 radical (unpaired) electrons. The van der Waals surface area contributed by atoms with Gasteiger partial charge in [-0.25, -0.2) is 8.78 Å². The molecule has 0 saturated carbocycles. The van der Waals surface area contributed by atoms with Crippen LogP contribution >= 0.6 is 34.8 Å². The summed E-state index contributed by atoms with van der Waals surface area (Å²) in [4.78, 5) is 0. The molecule has 0 saturated heterocycles. The fraction of sp³-hybridized carbons (Fsp3) is 0.143. The molecular formula is C14H9Cl3F2. The molecule has 0 aliphatic carbocycles. The highest BCUT2D eigenvalue weighted by molar-refractivity contribution is 6.33. The van der Waals surface area contributed by atoms with Crippen molar-refractivity contribution in [3.63, 3.8) is 0 Å². The van der Waals surface area contributed by atoms with Gasteiger partial charge < -0.3 is 0 Å². The monoisotopic (exact) mass is 320 g/mol. The molecule has 0 aliphatic rings. The predicted molar refractivity (Wildman–Crippen MR) is 75.1 cm³/mol. The molecule has 2 aromatic carbocycles. The van der Waals surface area contributed by atoms with Gasteiger partial charge >= 0.3 is 0 Å².